The maximum atomic E-state index is 12.3. The van der Waals surface area contributed by atoms with Gasteiger partial charge in [-0.3, -0.25) is 0 Å². The Morgan fingerprint density at radius 2 is 1.95 bits per heavy atom. The number of amides is 2. The number of anilines is 2. The van der Waals surface area contributed by atoms with Crippen molar-refractivity contribution in [1.82, 2.24) is 14.8 Å². The van der Waals surface area contributed by atoms with Crippen LogP contribution in [0.3, 0.4) is 0 Å². The molecule has 1 aromatic heterocycles. The third kappa shape index (κ3) is 2.95. The first-order valence-corrected chi connectivity index (χ1v) is 7.16. The summed E-state index contributed by atoms with van der Waals surface area (Å²) in [5, 5.41) is 0. The van der Waals surface area contributed by atoms with E-state index in [9.17, 15) is 4.79 Å². The highest BCUT2D eigenvalue weighted by Gasteiger charge is 2.25. The van der Waals surface area contributed by atoms with E-state index in [-0.39, 0.29) is 6.03 Å². The SMILES string of the molecule is CCN(CC)C(=O)N1CCN(c2ncccc2N)CC1. The maximum Gasteiger partial charge on any atom is 0.320 e. The smallest absolute Gasteiger partial charge is 0.320 e. The summed E-state index contributed by atoms with van der Waals surface area (Å²) in [7, 11) is 0. The minimum absolute atomic E-state index is 0.128. The van der Waals surface area contributed by atoms with Gasteiger partial charge in [0.15, 0.2) is 5.82 Å². The fraction of sp³-hybridized carbons (Fsp3) is 0.571. The van der Waals surface area contributed by atoms with Crippen molar-refractivity contribution < 1.29 is 4.79 Å². The topological polar surface area (TPSA) is 65.7 Å². The molecule has 20 heavy (non-hydrogen) atoms. The van der Waals surface area contributed by atoms with Crippen molar-refractivity contribution in [2.45, 2.75) is 13.8 Å². The molecule has 6 heteroatoms. The zero-order chi connectivity index (χ0) is 14.5. The lowest BCUT2D eigenvalue weighted by atomic mass is 10.3. The average Bonchev–Trinajstić information content (AvgIpc) is 2.49. The van der Waals surface area contributed by atoms with E-state index in [0.29, 0.717) is 18.8 Å². The van der Waals surface area contributed by atoms with E-state index in [2.05, 4.69) is 9.88 Å². The largest absolute Gasteiger partial charge is 0.396 e. The Morgan fingerprint density at radius 3 is 2.50 bits per heavy atom. The molecule has 0 atom stereocenters. The van der Waals surface area contributed by atoms with Crippen LogP contribution in [-0.4, -0.2) is 60.1 Å². The lowest BCUT2D eigenvalue weighted by Crippen LogP contribution is -2.53. The van der Waals surface area contributed by atoms with E-state index in [1.807, 2.05) is 35.8 Å². The normalized spacial score (nSPS) is 15.3. The minimum atomic E-state index is 0.128. The number of piperazine rings is 1. The summed E-state index contributed by atoms with van der Waals surface area (Å²) >= 11 is 0. The van der Waals surface area contributed by atoms with Crippen molar-refractivity contribution in [1.29, 1.82) is 0 Å². The summed E-state index contributed by atoms with van der Waals surface area (Å²) in [5.74, 6) is 0.822. The van der Waals surface area contributed by atoms with Crippen LogP contribution in [0.1, 0.15) is 13.8 Å². The van der Waals surface area contributed by atoms with Gasteiger partial charge >= 0.3 is 6.03 Å². The Labute approximate surface area is 120 Å². The van der Waals surface area contributed by atoms with Gasteiger partial charge in [0.05, 0.1) is 5.69 Å². The minimum Gasteiger partial charge on any atom is -0.396 e. The molecule has 0 aromatic carbocycles. The van der Waals surface area contributed by atoms with Gasteiger partial charge in [-0.15, -0.1) is 0 Å². The number of hydrogen-bond acceptors (Lipinski definition) is 4. The first-order valence-electron chi connectivity index (χ1n) is 7.16. The predicted octanol–water partition coefficient (Wildman–Crippen LogP) is 1.25. The van der Waals surface area contributed by atoms with Crippen molar-refractivity contribution in [2.24, 2.45) is 0 Å². The van der Waals surface area contributed by atoms with Gasteiger partial charge in [0, 0.05) is 45.5 Å². The van der Waals surface area contributed by atoms with Gasteiger partial charge in [0.25, 0.3) is 0 Å². The van der Waals surface area contributed by atoms with Gasteiger partial charge in [-0.1, -0.05) is 0 Å². The molecule has 2 amide bonds. The van der Waals surface area contributed by atoms with Crippen LogP contribution in [0.2, 0.25) is 0 Å². The Kier molecular flexibility index (Phi) is 4.65. The molecule has 1 aliphatic heterocycles. The molecule has 0 aliphatic carbocycles. The zero-order valence-electron chi connectivity index (χ0n) is 12.2. The van der Waals surface area contributed by atoms with Crippen LogP contribution in [0.25, 0.3) is 0 Å². The van der Waals surface area contributed by atoms with Gasteiger partial charge in [0.2, 0.25) is 0 Å². The molecule has 0 bridgehead atoms. The lowest BCUT2D eigenvalue weighted by molar-refractivity contribution is 0.154. The number of pyridine rings is 1. The third-order valence-electron chi connectivity index (χ3n) is 3.70. The van der Waals surface area contributed by atoms with Crippen LogP contribution in [0.5, 0.6) is 0 Å². The Bertz CT molecular complexity index is 453. The maximum absolute atomic E-state index is 12.3. The van der Waals surface area contributed by atoms with Crippen LogP contribution in [-0.2, 0) is 0 Å². The highest BCUT2D eigenvalue weighted by Crippen LogP contribution is 2.20. The van der Waals surface area contributed by atoms with Crippen molar-refractivity contribution in [2.75, 3.05) is 49.9 Å². The van der Waals surface area contributed by atoms with Gasteiger partial charge in [-0.25, -0.2) is 9.78 Å². The summed E-state index contributed by atoms with van der Waals surface area (Å²) < 4.78 is 0. The molecule has 6 nitrogen and oxygen atoms in total. The number of nitrogen functional groups attached to an aromatic ring is 1. The monoisotopic (exact) mass is 277 g/mol. The molecule has 1 fully saturated rings. The molecule has 2 rings (SSSR count). The van der Waals surface area contributed by atoms with Gasteiger partial charge in [-0.2, -0.15) is 0 Å². The second-order valence-corrected chi connectivity index (χ2v) is 4.85. The highest BCUT2D eigenvalue weighted by atomic mass is 16.2. The van der Waals surface area contributed by atoms with Crippen LogP contribution in [0.15, 0.2) is 18.3 Å². The highest BCUT2D eigenvalue weighted by molar-refractivity contribution is 5.75. The van der Waals surface area contributed by atoms with E-state index >= 15 is 0 Å². The van der Waals surface area contributed by atoms with Gasteiger partial charge in [0.1, 0.15) is 0 Å². The quantitative estimate of drug-likeness (QED) is 0.903. The molecule has 2 heterocycles. The molecular weight excluding hydrogens is 254 g/mol. The van der Waals surface area contributed by atoms with Gasteiger partial charge in [-0.05, 0) is 26.0 Å². The molecule has 0 saturated carbocycles. The molecule has 0 radical (unpaired) electrons. The predicted molar refractivity (Wildman–Crippen MR) is 80.8 cm³/mol. The van der Waals surface area contributed by atoms with Gasteiger partial charge < -0.3 is 20.4 Å². The fourth-order valence-corrected chi connectivity index (χ4v) is 2.48. The Hall–Kier alpha value is -1.98. The van der Waals surface area contributed by atoms with Crippen LogP contribution in [0, 0.1) is 0 Å². The molecule has 1 saturated heterocycles. The molecule has 0 spiro atoms. The van der Waals surface area contributed by atoms with Crippen LogP contribution >= 0.6 is 0 Å². The number of carbonyl (C=O) groups is 1. The zero-order valence-corrected chi connectivity index (χ0v) is 12.2. The first kappa shape index (κ1) is 14.4. The Balaban J connectivity index is 1.96. The van der Waals surface area contributed by atoms with Crippen molar-refractivity contribution in [3.05, 3.63) is 18.3 Å². The van der Waals surface area contributed by atoms with Crippen molar-refractivity contribution >= 4 is 17.5 Å². The summed E-state index contributed by atoms with van der Waals surface area (Å²) in [6.07, 6.45) is 1.75. The molecule has 1 aromatic rings. The number of urea groups is 1. The number of carbonyl (C=O) groups excluding carboxylic acids is 1. The van der Waals surface area contributed by atoms with Crippen molar-refractivity contribution in [3.63, 3.8) is 0 Å². The molecule has 2 N–H and O–H groups in total. The van der Waals surface area contributed by atoms with Crippen LogP contribution in [0.4, 0.5) is 16.3 Å². The molecule has 1 aliphatic rings. The molecule has 110 valence electrons. The van der Waals surface area contributed by atoms with Crippen molar-refractivity contribution in [3.8, 4) is 0 Å². The number of nitrogens with two attached hydrogens (primary N) is 1. The number of nitrogens with zero attached hydrogens (tertiary/aromatic N) is 4. The molecular formula is C14H23N5O. The second kappa shape index (κ2) is 6.45. The lowest BCUT2D eigenvalue weighted by Gasteiger charge is -2.37. The summed E-state index contributed by atoms with van der Waals surface area (Å²) in [6.45, 7) is 8.49. The standard InChI is InChI=1S/C14H23N5O/c1-3-17(4-2)14(20)19-10-8-18(9-11-19)13-12(15)6-5-7-16-13/h5-7H,3-4,8-11,15H2,1-2H3. The van der Waals surface area contributed by atoms with E-state index in [0.717, 1.165) is 32.0 Å². The third-order valence-corrected chi connectivity index (χ3v) is 3.70. The number of aromatic nitrogens is 1. The summed E-state index contributed by atoms with van der Waals surface area (Å²) in [6, 6.07) is 3.82. The molecule has 0 unspecified atom stereocenters. The number of hydrogen-bond donors (Lipinski definition) is 1. The number of rotatable bonds is 3. The second-order valence-electron chi connectivity index (χ2n) is 4.85. The average molecular weight is 277 g/mol. The first-order chi connectivity index (χ1) is 9.67. The summed E-state index contributed by atoms with van der Waals surface area (Å²) in [4.78, 5) is 22.5. The summed E-state index contributed by atoms with van der Waals surface area (Å²) in [5.41, 5.74) is 6.63. The van der Waals surface area contributed by atoms with E-state index in [1.54, 1.807) is 6.20 Å². The Morgan fingerprint density at radius 1 is 1.30 bits per heavy atom. The fourth-order valence-electron chi connectivity index (χ4n) is 2.48. The van der Waals surface area contributed by atoms with E-state index < -0.39 is 0 Å². The van der Waals surface area contributed by atoms with E-state index in [1.165, 1.54) is 0 Å². The van der Waals surface area contributed by atoms with Crippen LogP contribution < -0.4 is 10.6 Å². The van der Waals surface area contributed by atoms with E-state index in [4.69, 9.17) is 5.73 Å².